The zero-order chi connectivity index (χ0) is 34.6. The molecular formula is C45H49N5. The van der Waals surface area contributed by atoms with Crippen LogP contribution in [0.15, 0.2) is 66.7 Å². The van der Waals surface area contributed by atoms with Crippen molar-refractivity contribution in [2.24, 2.45) is 35.5 Å². The first-order valence-corrected chi connectivity index (χ1v) is 19.1. The maximum absolute atomic E-state index is 9.74. The molecule has 0 spiro atoms. The van der Waals surface area contributed by atoms with Gasteiger partial charge in [0.1, 0.15) is 0 Å². The van der Waals surface area contributed by atoms with Gasteiger partial charge in [-0.15, -0.1) is 0 Å². The number of nitriles is 2. The van der Waals surface area contributed by atoms with E-state index < -0.39 is 0 Å². The molecule has 0 radical (unpaired) electrons. The number of nitrogens with zero attached hydrogens (tertiary/aromatic N) is 5. The molecule has 254 valence electrons. The van der Waals surface area contributed by atoms with Crippen molar-refractivity contribution in [3.8, 4) is 46.3 Å². The van der Waals surface area contributed by atoms with Gasteiger partial charge in [0.15, 0.2) is 17.5 Å². The highest BCUT2D eigenvalue weighted by Gasteiger charge is 2.46. The van der Waals surface area contributed by atoms with Crippen LogP contribution < -0.4 is 0 Å². The van der Waals surface area contributed by atoms with E-state index >= 15 is 0 Å². The van der Waals surface area contributed by atoms with Gasteiger partial charge in [0.25, 0.3) is 0 Å². The molecule has 8 atom stereocenters. The molecule has 4 aromatic rings. The maximum Gasteiger partial charge on any atom is 0.164 e. The van der Waals surface area contributed by atoms with Gasteiger partial charge in [0.05, 0.1) is 23.3 Å². The molecule has 0 N–H and O–H groups in total. The summed E-state index contributed by atoms with van der Waals surface area (Å²) in [5.74, 6) is 6.37. The zero-order valence-corrected chi connectivity index (χ0v) is 30.1. The summed E-state index contributed by atoms with van der Waals surface area (Å²) >= 11 is 0. The Morgan fingerprint density at radius 1 is 0.480 bits per heavy atom. The van der Waals surface area contributed by atoms with Gasteiger partial charge >= 0.3 is 0 Å². The molecule has 0 saturated heterocycles. The molecule has 0 amide bonds. The molecule has 3 aromatic carbocycles. The van der Waals surface area contributed by atoms with Crippen LogP contribution in [0.3, 0.4) is 0 Å². The third-order valence-electron chi connectivity index (χ3n) is 12.9. The Hall–Kier alpha value is -4.35. The highest BCUT2D eigenvalue weighted by Crippen LogP contribution is 2.55. The third-order valence-corrected chi connectivity index (χ3v) is 12.9. The average molecular weight is 660 g/mol. The minimum Gasteiger partial charge on any atom is -0.208 e. The van der Waals surface area contributed by atoms with Crippen LogP contribution in [-0.2, 0) is 10.8 Å². The topological polar surface area (TPSA) is 86.2 Å². The summed E-state index contributed by atoms with van der Waals surface area (Å²) in [6.45, 7) is 9.75. The molecule has 4 bridgehead atoms. The Balaban J connectivity index is 1.18. The summed E-state index contributed by atoms with van der Waals surface area (Å²) in [7, 11) is 0. The molecule has 4 aliphatic carbocycles. The molecule has 4 unspecified atom stereocenters. The van der Waals surface area contributed by atoms with Gasteiger partial charge < -0.3 is 0 Å². The first kappa shape index (κ1) is 32.8. The Bertz CT molecular complexity index is 1810. The van der Waals surface area contributed by atoms with E-state index in [4.69, 9.17) is 15.0 Å². The second kappa shape index (κ2) is 12.8. The third kappa shape index (κ3) is 6.15. The van der Waals surface area contributed by atoms with Gasteiger partial charge in [-0.25, -0.2) is 15.0 Å². The van der Waals surface area contributed by atoms with E-state index in [-0.39, 0.29) is 10.8 Å². The maximum atomic E-state index is 9.74. The van der Waals surface area contributed by atoms with Crippen molar-refractivity contribution in [2.45, 2.75) is 103 Å². The lowest BCUT2D eigenvalue weighted by atomic mass is 9.54. The summed E-state index contributed by atoms with van der Waals surface area (Å²) < 4.78 is 0. The smallest absolute Gasteiger partial charge is 0.164 e. The van der Waals surface area contributed by atoms with Crippen molar-refractivity contribution < 1.29 is 0 Å². The first-order chi connectivity index (χ1) is 24.1. The standard InChI is InChI=1S/C45H49N5/c1-28-13-32-14-29(2)21-44(20-28,24-32)39-9-5-36(6-10-39)41-48-42(50-43(49-41)38-18-34(26-46)17-35(19-38)27-47)37-7-11-40(12-8-37)45-22-30(3)15-33(25-45)16-31(4)23-45/h5-12,17-19,28-33H,13-16,20-25H2,1-4H3/t28-,29+,30-,31+,32?,33?,44?,45?. The molecule has 1 aromatic heterocycles. The first-order valence-electron chi connectivity index (χ1n) is 19.1. The molecule has 5 nitrogen and oxygen atoms in total. The highest BCUT2D eigenvalue weighted by molar-refractivity contribution is 5.68. The Labute approximate surface area is 298 Å². The normalized spacial score (nSPS) is 31.7. The molecule has 4 aliphatic rings. The SMILES string of the molecule is C[C@@H]1CC2C[C@H](C)CC(c3ccc(-c4nc(-c5ccc(C67CC(C[C@@H](C)C6)C[C@H](C)C7)cc5)nc(-c5cc(C#N)cc(C#N)c5)n4)cc3)(C2)C1. The number of aromatic nitrogens is 3. The van der Waals surface area contributed by atoms with E-state index in [1.54, 1.807) is 18.2 Å². The lowest BCUT2D eigenvalue weighted by molar-refractivity contribution is 0.0779. The zero-order valence-electron chi connectivity index (χ0n) is 30.1. The lowest BCUT2D eigenvalue weighted by Gasteiger charge is -2.50. The van der Waals surface area contributed by atoms with Crippen LogP contribution in [0.4, 0.5) is 0 Å². The molecule has 1 heterocycles. The fraction of sp³-hybridized carbons (Fsp3) is 0.489. The van der Waals surface area contributed by atoms with Crippen LogP contribution in [0, 0.1) is 58.2 Å². The van der Waals surface area contributed by atoms with E-state index in [0.29, 0.717) is 34.2 Å². The van der Waals surface area contributed by atoms with Gasteiger partial charge in [-0.05, 0) is 140 Å². The van der Waals surface area contributed by atoms with Gasteiger partial charge in [0.2, 0.25) is 0 Å². The Kier molecular flexibility index (Phi) is 8.38. The fourth-order valence-electron chi connectivity index (χ4n) is 11.7. The monoisotopic (exact) mass is 659 g/mol. The minimum atomic E-state index is 0.257. The summed E-state index contributed by atoms with van der Waals surface area (Å²) in [4.78, 5) is 15.1. The van der Waals surface area contributed by atoms with E-state index in [1.807, 2.05) is 0 Å². The molecule has 0 aliphatic heterocycles. The molecule has 8 rings (SSSR count). The molecule has 4 saturated carbocycles. The largest absolute Gasteiger partial charge is 0.208 e. The summed E-state index contributed by atoms with van der Waals surface area (Å²) in [5.41, 5.74) is 6.79. The predicted octanol–water partition coefficient (Wildman–Crippen LogP) is 10.8. The summed E-state index contributed by atoms with van der Waals surface area (Å²) in [6, 6.07) is 27.6. The van der Waals surface area contributed by atoms with Crippen molar-refractivity contribution in [3.05, 3.63) is 89.0 Å². The van der Waals surface area contributed by atoms with Crippen LogP contribution in [0.1, 0.15) is 114 Å². The molecule has 4 fully saturated rings. The van der Waals surface area contributed by atoms with Crippen molar-refractivity contribution in [2.75, 3.05) is 0 Å². The minimum absolute atomic E-state index is 0.257. The molecular weight excluding hydrogens is 611 g/mol. The summed E-state index contributed by atoms with van der Waals surface area (Å²) in [6.07, 6.45) is 13.1. The van der Waals surface area contributed by atoms with Crippen molar-refractivity contribution >= 4 is 0 Å². The number of rotatable bonds is 5. The van der Waals surface area contributed by atoms with Crippen molar-refractivity contribution in [1.82, 2.24) is 15.0 Å². The predicted molar refractivity (Wildman–Crippen MR) is 199 cm³/mol. The van der Waals surface area contributed by atoms with Gasteiger partial charge in [0, 0.05) is 16.7 Å². The summed E-state index contributed by atoms with van der Waals surface area (Å²) in [5, 5.41) is 19.5. The van der Waals surface area contributed by atoms with Crippen LogP contribution >= 0.6 is 0 Å². The Morgan fingerprint density at radius 2 is 0.820 bits per heavy atom. The number of benzene rings is 3. The van der Waals surface area contributed by atoms with Crippen LogP contribution in [-0.4, -0.2) is 15.0 Å². The van der Waals surface area contributed by atoms with Crippen LogP contribution in [0.25, 0.3) is 34.2 Å². The fourth-order valence-corrected chi connectivity index (χ4v) is 11.7. The van der Waals surface area contributed by atoms with Crippen LogP contribution in [0.2, 0.25) is 0 Å². The number of hydrogen-bond acceptors (Lipinski definition) is 5. The van der Waals surface area contributed by atoms with E-state index in [1.165, 1.54) is 75.3 Å². The molecule has 50 heavy (non-hydrogen) atoms. The van der Waals surface area contributed by atoms with Gasteiger partial charge in [-0.2, -0.15) is 10.5 Å². The Morgan fingerprint density at radius 3 is 1.16 bits per heavy atom. The van der Waals surface area contributed by atoms with E-state index in [2.05, 4.69) is 88.4 Å². The van der Waals surface area contributed by atoms with Crippen LogP contribution in [0.5, 0.6) is 0 Å². The highest BCUT2D eigenvalue weighted by atomic mass is 15.0. The van der Waals surface area contributed by atoms with E-state index in [9.17, 15) is 10.5 Å². The van der Waals surface area contributed by atoms with E-state index in [0.717, 1.165) is 46.6 Å². The van der Waals surface area contributed by atoms with Gasteiger partial charge in [-0.3, -0.25) is 0 Å². The molecule has 5 heteroatoms. The van der Waals surface area contributed by atoms with Gasteiger partial charge in [-0.1, -0.05) is 76.2 Å². The average Bonchev–Trinajstić information content (AvgIpc) is 3.10. The lowest BCUT2D eigenvalue weighted by Crippen LogP contribution is -2.42. The number of fused-ring (bicyclic) bond motifs is 4. The second-order valence-corrected chi connectivity index (χ2v) is 17.4. The number of hydrogen-bond donors (Lipinski definition) is 0. The van der Waals surface area contributed by atoms with Crippen molar-refractivity contribution in [1.29, 1.82) is 10.5 Å². The second-order valence-electron chi connectivity index (χ2n) is 17.4. The quantitative estimate of drug-likeness (QED) is 0.213. The van der Waals surface area contributed by atoms with Crippen molar-refractivity contribution in [3.63, 3.8) is 0 Å².